The van der Waals surface area contributed by atoms with Crippen LogP contribution in [0.1, 0.15) is 52.9 Å². The van der Waals surface area contributed by atoms with Crippen molar-refractivity contribution < 1.29 is 19.4 Å². The third kappa shape index (κ3) is 5.81. The van der Waals surface area contributed by atoms with Crippen LogP contribution in [0.4, 0.5) is 0 Å². The number of methoxy groups -OCH3 is 1. The van der Waals surface area contributed by atoms with Gasteiger partial charge in [-0.15, -0.1) is 0 Å². The lowest BCUT2D eigenvalue weighted by Crippen LogP contribution is -2.52. The van der Waals surface area contributed by atoms with Crippen LogP contribution in [-0.2, 0) is 0 Å². The van der Waals surface area contributed by atoms with Gasteiger partial charge in [-0.1, -0.05) is 12.1 Å². The number of ether oxygens (including phenoxy) is 2. The second kappa shape index (κ2) is 11.3. The number of unbranched alkanes of at least 4 members (excludes halogenated alkanes) is 1. The van der Waals surface area contributed by atoms with Crippen molar-refractivity contribution in [2.75, 3.05) is 40.0 Å². The lowest BCUT2D eigenvalue weighted by Gasteiger charge is -2.44. The van der Waals surface area contributed by atoms with Crippen molar-refractivity contribution >= 4 is 5.91 Å². The lowest BCUT2D eigenvalue weighted by molar-refractivity contribution is 0.0569. The Morgan fingerprint density at radius 2 is 1.97 bits per heavy atom. The number of hydrogen-bond donors (Lipinski definition) is 2. The van der Waals surface area contributed by atoms with Gasteiger partial charge >= 0.3 is 0 Å². The first-order valence-electron chi connectivity index (χ1n) is 11.4. The number of aliphatic hydroxyl groups excluding tert-OH is 1. The number of carbonyl (C=O) groups excluding carboxylic acids is 1. The number of rotatable bonds is 11. The van der Waals surface area contributed by atoms with Crippen LogP contribution in [0.3, 0.4) is 0 Å². The maximum absolute atomic E-state index is 12.4. The maximum atomic E-state index is 12.4. The summed E-state index contributed by atoms with van der Waals surface area (Å²) in [7, 11) is 1.60. The Hall–Kier alpha value is -2.57. The summed E-state index contributed by atoms with van der Waals surface area (Å²) in [4.78, 5) is 14.9. The van der Waals surface area contributed by atoms with Crippen LogP contribution in [0.5, 0.6) is 11.5 Å². The number of aliphatic hydroxyl groups is 1. The van der Waals surface area contributed by atoms with Crippen LogP contribution in [0.15, 0.2) is 36.4 Å². The highest BCUT2D eigenvalue weighted by molar-refractivity contribution is 5.94. The van der Waals surface area contributed by atoms with E-state index in [4.69, 9.17) is 14.6 Å². The maximum Gasteiger partial charge on any atom is 0.251 e. The predicted molar refractivity (Wildman–Crippen MR) is 127 cm³/mol. The normalized spacial score (nSPS) is 15.2. The van der Waals surface area contributed by atoms with Crippen molar-refractivity contribution in [1.82, 2.24) is 10.2 Å². The molecule has 0 aromatic heterocycles. The number of carbonyl (C=O) groups is 1. The van der Waals surface area contributed by atoms with Crippen molar-refractivity contribution in [2.24, 2.45) is 5.92 Å². The fourth-order valence-corrected chi connectivity index (χ4v) is 4.18. The minimum absolute atomic E-state index is 0.0588. The number of nitrogens with one attached hydrogen (secondary N) is 1. The minimum Gasteiger partial charge on any atom is -0.497 e. The van der Waals surface area contributed by atoms with E-state index in [1.165, 1.54) is 16.7 Å². The van der Waals surface area contributed by atoms with Gasteiger partial charge in [-0.25, -0.2) is 0 Å². The van der Waals surface area contributed by atoms with Crippen molar-refractivity contribution in [3.63, 3.8) is 0 Å². The number of hydrogen-bond acceptors (Lipinski definition) is 5. The molecule has 1 fully saturated rings. The molecule has 0 aliphatic carbocycles. The highest BCUT2D eigenvalue weighted by Crippen LogP contribution is 2.34. The predicted octanol–water partition coefficient (Wildman–Crippen LogP) is 3.89. The fourth-order valence-electron chi connectivity index (χ4n) is 4.18. The van der Waals surface area contributed by atoms with E-state index in [-0.39, 0.29) is 12.5 Å². The van der Waals surface area contributed by atoms with Gasteiger partial charge in [0.25, 0.3) is 5.91 Å². The van der Waals surface area contributed by atoms with Gasteiger partial charge in [0, 0.05) is 43.8 Å². The van der Waals surface area contributed by atoms with E-state index in [0.717, 1.165) is 31.7 Å². The van der Waals surface area contributed by atoms with Crippen LogP contribution < -0.4 is 14.8 Å². The molecule has 6 nitrogen and oxygen atoms in total. The lowest BCUT2D eigenvalue weighted by atomic mass is 9.91. The molecule has 32 heavy (non-hydrogen) atoms. The summed E-state index contributed by atoms with van der Waals surface area (Å²) in [5, 5.41) is 12.0. The van der Waals surface area contributed by atoms with Gasteiger partial charge < -0.3 is 19.9 Å². The summed E-state index contributed by atoms with van der Waals surface area (Å²) in [6, 6.07) is 11.8. The van der Waals surface area contributed by atoms with E-state index in [2.05, 4.69) is 43.1 Å². The molecule has 1 aliphatic heterocycles. The van der Waals surface area contributed by atoms with Gasteiger partial charge in [0.2, 0.25) is 0 Å². The summed E-state index contributed by atoms with van der Waals surface area (Å²) in [6.45, 7) is 9.97. The molecular formula is C26H36N2O4. The van der Waals surface area contributed by atoms with Gasteiger partial charge in [-0.3, -0.25) is 9.69 Å². The molecule has 2 aromatic rings. The fraction of sp³-hybridized carbons (Fsp3) is 0.500. The summed E-state index contributed by atoms with van der Waals surface area (Å²) in [5.74, 6) is 2.02. The molecular weight excluding hydrogens is 404 g/mol. The molecule has 1 saturated heterocycles. The Balaban J connectivity index is 1.49. The highest BCUT2D eigenvalue weighted by Gasteiger charge is 2.32. The third-order valence-electron chi connectivity index (χ3n) is 6.46. The van der Waals surface area contributed by atoms with Crippen LogP contribution in [0, 0.1) is 19.8 Å². The molecule has 1 aliphatic rings. The van der Waals surface area contributed by atoms with E-state index in [1.54, 1.807) is 19.2 Å². The molecule has 6 heteroatoms. The molecule has 0 bridgehead atoms. The first-order chi connectivity index (χ1) is 15.4. The molecule has 3 rings (SSSR count). The summed E-state index contributed by atoms with van der Waals surface area (Å²) >= 11 is 0. The quantitative estimate of drug-likeness (QED) is 0.519. The number of amides is 1. The van der Waals surface area contributed by atoms with Crippen LogP contribution >= 0.6 is 0 Å². The van der Waals surface area contributed by atoms with Crippen molar-refractivity contribution in [1.29, 1.82) is 0 Å². The average Bonchev–Trinajstić information content (AvgIpc) is 2.78. The van der Waals surface area contributed by atoms with E-state index >= 15 is 0 Å². The Kier molecular flexibility index (Phi) is 8.53. The summed E-state index contributed by atoms with van der Waals surface area (Å²) in [6.07, 6.45) is 1.62. The molecule has 0 radical (unpaired) electrons. The van der Waals surface area contributed by atoms with Gasteiger partial charge in [0.15, 0.2) is 0 Å². The van der Waals surface area contributed by atoms with E-state index in [0.29, 0.717) is 36.4 Å². The Morgan fingerprint density at radius 1 is 1.19 bits per heavy atom. The third-order valence-corrected chi connectivity index (χ3v) is 6.46. The second-order valence-corrected chi connectivity index (χ2v) is 8.62. The molecule has 1 atom stereocenters. The average molecular weight is 441 g/mol. The number of nitrogens with zero attached hydrogens (tertiary/aromatic N) is 1. The van der Waals surface area contributed by atoms with E-state index in [9.17, 15) is 4.79 Å². The largest absolute Gasteiger partial charge is 0.497 e. The van der Waals surface area contributed by atoms with E-state index in [1.807, 2.05) is 12.1 Å². The highest BCUT2D eigenvalue weighted by atomic mass is 16.5. The zero-order valence-electron chi connectivity index (χ0n) is 19.7. The summed E-state index contributed by atoms with van der Waals surface area (Å²) < 4.78 is 11.1. The van der Waals surface area contributed by atoms with Crippen molar-refractivity contribution in [3.8, 4) is 11.5 Å². The van der Waals surface area contributed by atoms with Gasteiger partial charge in [0.05, 0.1) is 13.7 Å². The van der Waals surface area contributed by atoms with Gasteiger partial charge in [-0.05, 0) is 74.6 Å². The monoisotopic (exact) mass is 440 g/mol. The minimum atomic E-state index is -0.0588. The van der Waals surface area contributed by atoms with Crippen LogP contribution in [-0.4, -0.2) is 55.9 Å². The molecule has 2 N–H and O–H groups in total. The Morgan fingerprint density at radius 3 is 2.69 bits per heavy atom. The molecule has 2 aromatic carbocycles. The Bertz CT molecular complexity index is 909. The smallest absolute Gasteiger partial charge is 0.251 e. The van der Waals surface area contributed by atoms with Gasteiger partial charge in [-0.2, -0.15) is 0 Å². The topological polar surface area (TPSA) is 71.0 Å². The second-order valence-electron chi connectivity index (χ2n) is 8.62. The standard InChI is InChI=1S/C26H36N2O4/c1-18-19(2)25(32-13-6-5-12-29)11-10-24(18)20(3)28-16-21(17-28)15-27-26(30)22-8-7-9-23(14-22)31-4/h7-11,14,20-21,29H,5-6,12-13,15-17H2,1-4H3,(H,27,30). The molecule has 0 spiro atoms. The van der Waals surface area contributed by atoms with Crippen LogP contribution in [0.25, 0.3) is 0 Å². The number of likely N-dealkylation sites (tertiary alicyclic amines) is 1. The zero-order chi connectivity index (χ0) is 23.1. The molecule has 1 unspecified atom stereocenters. The van der Waals surface area contributed by atoms with Gasteiger partial charge in [0.1, 0.15) is 11.5 Å². The molecule has 1 heterocycles. The molecule has 174 valence electrons. The van der Waals surface area contributed by atoms with Crippen LogP contribution in [0.2, 0.25) is 0 Å². The Labute approximate surface area is 191 Å². The zero-order valence-corrected chi connectivity index (χ0v) is 19.7. The molecule has 0 saturated carbocycles. The van der Waals surface area contributed by atoms with E-state index < -0.39 is 0 Å². The first kappa shape index (κ1) is 24.1. The summed E-state index contributed by atoms with van der Waals surface area (Å²) in [5.41, 5.74) is 4.40. The SMILES string of the molecule is COc1cccc(C(=O)NCC2CN(C(C)c3ccc(OCCCCO)c(C)c3C)C2)c1. The van der Waals surface area contributed by atoms with Crippen molar-refractivity contribution in [3.05, 3.63) is 58.7 Å². The van der Waals surface area contributed by atoms with Crippen molar-refractivity contribution in [2.45, 2.75) is 39.7 Å². The molecule has 1 amide bonds. The first-order valence-corrected chi connectivity index (χ1v) is 11.4. The number of benzene rings is 2.